The molecular formula is C19H17F3N2O3S. The van der Waals surface area contributed by atoms with Crippen LogP contribution in [-0.4, -0.2) is 42.1 Å². The van der Waals surface area contributed by atoms with E-state index in [1.54, 1.807) is 16.8 Å². The first-order valence-electron chi connectivity index (χ1n) is 8.63. The smallest absolute Gasteiger partial charge is 0.252 e. The molecule has 5 nitrogen and oxygen atoms in total. The molecule has 0 saturated carbocycles. The van der Waals surface area contributed by atoms with Crippen molar-refractivity contribution in [1.29, 1.82) is 0 Å². The Labute approximate surface area is 163 Å². The van der Waals surface area contributed by atoms with E-state index in [2.05, 4.69) is 5.32 Å². The maximum absolute atomic E-state index is 13.8. The summed E-state index contributed by atoms with van der Waals surface area (Å²) < 4.78 is 40.6. The fraction of sp³-hybridized carbons (Fsp3) is 0.316. The number of Topliss-reactive ketones (excluding diaryl/α,β-unsaturated/α-hetero) is 1. The Hall–Kier alpha value is -2.68. The van der Waals surface area contributed by atoms with Crippen LogP contribution in [0.5, 0.6) is 0 Å². The number of ketones is 1. The first kappa shape index (κ1) is 20.1. The molecule has 1 saturated heterocycles. The summed E-state index contributed by atoms with van der Waals surface area (Å²) in [6.45, 7) is 0.288. The lowest BCUT2D eigenvalue weighted by Crippen LogP contribution is -2.45. The largest absolute Gasteiger partial charge is 0.343 e. The lowest BCUT2D eigenvalue weighted by Gasteiger charge is -2.31. The van der Waals surface area contributed by atoms with Crippen LogP contribution in [0.25, 0.3) is 0 Å². The molecule has 1 fully saturated rings. The first-order valence-corrected chi connectivity index (χ1v) is 9.58. The first-order chi connectivity index (χ1) is 13.4. The second kappa shape index (κ2) is 8.55. The zero-order valence-electron chi connectivity index (χ0n) is 14.7. The van der Waals surface area contributed by atoms with Crippen molar-refractivity contribution in [2.24, 2.45) is 5.92 Å². The third-order valence-corrected chi connectivity index (χ3v) is 5.34. The Morgan fingerprint density at radius 3 is 2.32 bits per heavy atom. The number of piperidine rings is 1. The second-order valence-electron chi connectivity index (χ2n) is 6.46. The molecule has 1 N–H and O–H groups in total. The minimum Gasteiger partial charge on any atom is -0.343 e. The van der Waals surface area contributed by atoms with Crippen LogP contribution in [0.3, 0.4) is 0 Å². The summed E-state index contributed by atoms with van der Waals surface area (Å²) in [6, 6.07) is 2.60. The number of carbonyl (C=O) groups excluding carboxylic acids is 3. The van der Waals surface area contributed by atoms with E-state index in [0.29, 0.717) is 17.7 Å². The van der Waals surface area contributed by atoms with Crippen LogP contribution < -0.4 is 5.32 Å². The fourth-order valence-corrected chi connectivity index (χ4v) is 3.77. The van der Waals surface area contributed by atoms with Crippen LogP contribution in [0, 0.1) is 23.4 Å². The van der Waals surface area contributed by atoms with E-state index in [-0.39, 0.29) is 44.3 Å². The van der Waals surface area contributed by atoms with Crippen molar-refractivity contribution in [1.82, 2.24) is 10.2 Å². The Bertz CT molecular complexity index is 871. The summed E-state index contributed by atoms with van der Waals surface area (Å²) in [5, 5.41) is 5.96. The zero-order chi connectivity index (χ0) is 20.3. The maximum Gasteiger partial charge on any atom is 0.252 e. The van der Waals surface area contributed by atoms with E-state index in [4.69, 9.17) is 0 Å². The van der Waals surface area contributed by atoms with Gasteiger partial charge in [-0.1, -0.05) is 0 Å². The summed E-state index contributed by atoms with van der Waals surface area (Å²) in [7, 11) is 0. The van der Waals surface area contributed by atoms with Gasteiger partial charge in [0, 0.05) is 42.1 Å². The molecule has 0 aliphatic carbocycles. The number of carbonyl (C=O) groups is 3. The molecule has 1 aromatic heterocycles. The molecule has 1 aliphatic rings. The van der Waals surface area contributed by atoms with Gasteiger partial charge in [-0.3, -0.25) is 14.4 Å². The molecule has 1 aromatic carbocycles. The average molecular weight is 410 g/mol. The van der Waals surface area contributed by atoms with Crippen molar-refractivity contribution >= 4 is 28.9 Å². The lowest BCUT2D eigenvalue weighted by atomic mass is 9.88. The van der Waals surface area contributed by atoms with Crippen molar-refractivity contribution in [3.8, 4) is 0 Å². The third-order valence-electron chi connectivity index (χ3n) is 4.66. The minimum atomic E-state index is -1.22. The average Bonchev–Trinajstić information content (AvgIpc) is 3.20. The summed E-state index contributed by atoms with van der Waals surface area (Å²) in [5.41, 5.74) is -0.264. The molecule has 148 valence electrons. The number of halogens is 3. The molecule has 1 aliphatic heterocycles. The van der Waals surface area contributed by atoms with E-state index in [9.17, 15) is 27.6 Å². The van der Waals surface area contributed by atoms with Crippen LogP contribution in [0.2, 0.25) is 0 Å². The van der Waals surface area contributed by atoms with Crippen molar-refractivity contribution in [3.05, 3.63) is 57.5 Å². The topological polar surface area (TPSA) is 66.5 Å². The molecule has 0 bridgehead atoms. The number of thiophene rings is 1. The number of likely N-dealkylation sites (tertiary alicyclic amines) is 1. The van der Waals surface area contributed by atoms with Gasteiger partial charge in [0.2, 0.25) is 5.91 Å². The SMILES string of the molecule is O=C(NCC(=O)N1CCC(C(=O)c2c(F)cc(F)cc2F)CC1)c1ccsc1. The number of nitrogens with one attached hydrogen (secondary N) is 1. The molecule has 0 atom stereocenters. The molecule has 2 amide bonds. The number of rotatable bonds is 5. The Morgan fingerprint density at radius 1 is 1.11 bits per heavy atom. The minimum absolute atomic E-state index is 0.172. The van der Waals surface area contributed by atoms with E-state index >= 15 is 0 Å². The Balaban J connectivity index is 1.53. The van der Waals surface area contributed by atoms with Gasteiger partial charge in [0.15, 0.2) is 5.78 Å². The zero-order valence-corrected chi connectivity index (χ0v) is 15.5. The van der Waals surface area contributed by atoms with Crippen molar-refractivity contribution < 1.29 is 27.6 Å². The van der Waals surface area contributed by atoms with Gasteiger partial charge >= 0.3 is 0 Å². The van der Waals surface area contributed by atoms with Gasteiger partial charge in [-0.05, 0) is 24.3 Å². The summed E-state index contributed by atoms with van der Waals surface area (Å²) >= 11 is 1.37. The van der Waals surface area contributed by atoms with Gasteiger partial charge in [-0.15, -0.1) is 0 Å². The van der Waals surface area contributed by atoms with Gasteiger partial charge in [-0.2, -0.15) is 11.3 Å². The van der Waals surface area contributed by atoms with Crippen LogP contribution in [0.15, 0.2) is 29.0 Å². The van der Waals surface area contributed by atoms with Crippen LogP contribution in [0.1, 0.15) is 33.6 Å². The summed E-state index contributed by atoms with van der Waals surface area (Å²) in [5.74, 6) is -5.56. The molecule has 0 spiro atoms. The van der Waals surface area contributed by atoms with Gasteiger partial charge in [0.25, 0.3) is 5.91 Å². The molecule has 28 heavy (non-hydrogen) atoms. The molecule has 2 aromatic rings. The molecule has 9 heteroatoms. The molecule has 0 unspecified atom stereocenters. The lowest BCUT2D eigenvalue weighted by molar-refractivity contribution is -0.131. The van der Waals surface area contributed by atoms with Crippen molar-refractivity contribution in [2.45, 2.75) is 12.8 Å². The molecule has 0 radical (unpaired) electrons. The van der Waals surface area contributed by atoms with Crippen molar-refractivity contribution in [3.63, 3.8) is 0 Å². The Kier molecular flexibility index (Phi) is 6.13. The fourth-order valence-electron chi connectivity index (χ4n) is 3.14. The molecular weight excluding hydrogens is 393 g/mol. The maximum atomic E-state index is 13.8. The predicted molar refractivity (Wildman–Crippen MR) is 96.6 cm³/mol. The van der Waals surface area contributed by atoms with Crippen LogP contribution >= 0.6 is 11.3 Å². The highest BCUT2D eigenvalue weighted by molar-refractivity contribution is 7.08. The highest BCUT2D eigenvalue weighted by Gasteiger charge is 2.31. The summed E-state index contributed by atoms with van der Waals surface area (Å²) in [4.78, 5) is 38.0. The number of hydrogen-bond acceptors (Lipinski definition) is 4. The number of amides is 2. The third kappa shape index (κ3) is 4.41. The van der Waals surface area contributed by atoms with E-state index < -0.39 is 34.7 Å². The highest BCUT2D eigenvalue weighted by atomic mass is 32.1. The Morgan fingerprint density at radius 2 is 1.75 bits per heavy atom. The van der Waals surface area contributed by atoms with E-state index in [1.165, 1.54) is 16.2 Å². The number of nitrogens with zero attached hydrogens (tertiary/aromatic N) is 1. The standard InChI is InChI=1S/C19H17F3N2O3S/c20-13-7-14(21)17(15(22)8-13)18(26)11-1-4-24(5-2-11)16(25)9-23-19(27)12-3-6-28-10-12/h3,6-8,10-11H,1-2,4-5,9H2,(H,23,27). The molecule has 3 rings (SSSR count). The monoisotopic (exact) mass is 410 g/mol. The van der Waals surface area contributed by atoms with Gasteiger partial charge < -0.3 is 10.2 Å². The van der Waals surface area contributed by atoms with E-state index in [0.717, 1.165) is 0 Å². The van der Waals surface area contributed by atoms with Gasteiger partial charge in [0.1, 0.15) is 17.5 Å². The number of benzene rings is 1. The second-order valence-corrected chi connectivity index (χ2v) is 7.24. The molecule has 2 heterocycles. The predicted octanol–water partition coefficient (Wildman–Crippen LogP) is 3.02. The van der Waals surface area contributed by atoms with Crippen molar-refractivity contribution in [2.75, 3.05) is 19.6 Å². The summed E-state index contributed by atoms with van der Waals surface area (Å²) in [6.07, 6.45) is 0.471. The number of hydrogen-bond donors (Lipinski definition) is 1. The van der Waals surface area contributed by atoms with Crippen LogP contribution in [0.4, 0.5) is 13.2 Å². The highest BCUT2D eigenvalue weighted by Crippen LogP contribution is 2.25. The van der Waals surface area contributed by atoms with Gasteiger partial charge in [0.05, 0.1) is 12.1 Å². The van der Waals surface area contributed by atoms with Gasteiger partial charge in [-0.25, -0.2) is 13.2 Å². The normalized spacial score (nSPS) is 14.8. The van der Waals surface area contributed by atoms with Crippen LogP contribution in [-0.2, 0) is 4.79 Å². The van der Waals surface area contributed by atoms with E-state index in [1.807, 2.05) is 0 Å². The quantitative estimate of drug-likeness (QED) is 0.771.